The molecule has 2 aliphatic rings. The van der Waals surface area contributed by atoms with E-state index in [2.05, 4.69) is 68.3 Å². The Morgan fingerprint density at radius 3 is 2.55 bits per heavy atom. The van der Waals surface area contributed by atoms with E-state index in [0.29, 0.717) is 11.0 Å². The SMILES string of the molecule is Cn1c(=O)c2cc3n(c2n(C)c1=O)C[C@H]1C(c2ccccc2)c2cc(Br)ccc2N[C@@H]31. The van der Waals surface area contributed by atoms with Crippen molar-refractivity contribution in [3.05, 3.63) is 96.7 Å². The van der Waals surface area contributed by atoms with Crippen LogP contribution in [0.4, 0.5) is 5.69 Å². The van der Waals surface area contributed by atoms with Gasteiger partial charge in [-0.25, -0.2) is 4.79 Å². The Balaban J connectivity index is 1.60. The van der Waals surface area contributed by atoms with Gasteiger partial charge in [-0.2, -0.15) is 0 Å². The van der Waals surface area contributed by atoms with Gasteiger partial charge in [-0.15, -0.1) is 0 Å². The van der Waals surface area contributed by atoms with Crippen LogP contribution in [-0.4, -0.2) is 13.7 Å². The minimum Gasteiger partial charge on any atom is -0.376 e. The summed E-state index contributed by atoms with van der Waals surface area (Å²) in [5.41, 5.74) is 4.88. The molecule has 0 saturated carbocycles. The highest BCUT2D eigenvalue weighted by Crippen LogP contribution is 2.52. The van der Waals surface area contributed by atoms with Crippen molar-refractivity contribution in [2.45, 2.75) is 18.5 Å². The normalized spacial score (nSPS) is 21.5. The van der Waals surface area contributed by atoms with Crippen molar-refractivity contribution in [1.29, 1.82) is 0 Å². The minimum atomic E-state index is -0.298. The number of aryl methyl sites for hydroxylation is 1. The fraction of sp³-hybridized carbons (Fsp3) is 0.250. The molecule has 3 atom stereocenters. The summed E-state index contributed by atoms with van der Waals surface area (Å²) in [7, 11) is 3.28. The van der Waals surface area contributed by atoms with E-state index in [0.717, 1.165) is 22.4 Å². The number of halogens is 1. The van der Waals surface area contributed by atoms with Crippen LogP contribution in [0.15, 0.2) is 68.7 Å². The van der Waals surface area contributed by atoms with Gasteiger partial charge < -0.3 is 9.88 Å². The van der Waals surface area contributed by atoms with Crippen molar-refractivity contribution in [1.82, 2.24) is 13.7 Å². The van der Waals surface area contributed by atoms with Gasteiger partial charge in [-0.1, -0.05) is 46.3 Å². The first-order valence-electron chi connectivity index (χ1n) is 10.4. The van der Waals surface area contributed by atoms with Gasteiger partial charge in [0.05, 0.1) is 11.4 Å². The molecule has 0 spiro atoms. The van der Waals surface area contributed by atoms with Crippen molar-refractivity contribution in [2.24, 2.45) is 20.0 Å². The van der Waals surface area contributed by atoms with Crippen molar-refractivity contribution in [3.8, 4) is 0 Å². The van der Waals surface area contributed by atoms with Crippen LogP contribution in [-0.2, 0) is 20.6 Å². The summed E-state index contributed by atoms with van der Waals surface area (Å²) < 4.78 is 6.00. The van der Waals surface area contributed by atoms with Crippen molar-refractivity contribution >= 4 is 32.7 Å². The molecule has 2 aromatic heterocycles. The molecule has 0 fully saturated rings. The molecule has 0 aliphatic carbocycles. The molecule has 0 bridgehead atoms. The van der Waals surface area contributed by atoms with Crippen LogP contribution < -0.4 is 16.6 Å². The lowest BCUT2D eigenvalue weighted by atomic mass is 9.74. The molecule has 31 heavy (non-hydrogen) atoms. The Labute approximate surface area is 186 Å². The fourth-order valence-electron chi connectivity index (χ4n) is 5.53. The summed E-state index contributed by atoms with van der Waals surface area (Å²) in [6, 6.07) is 19.0. The number of nitrogens with one attached hydrogen (secondary N) is 1. The third kappa shape index (κ3) is 2.50. The Hall–Kier alpha value is -3.06. The van der Waals surface area contributed by atoms with Crippen LogP contribution in [0, 0.1) is 5.92 Å². The number of fused-ring (bicyclic) bond motifs is 6. The third-order valence-corrected chi connectivity index (χ3v) is 7.41. The van der Waals surface area contributed by atoms with Crippen molar-refractivity contribution in [2.75, 3.05) is 5.32 Å². The molecular weight excluding hydrogens is 456 g/mol. The molecule has 4 heterocycles. The third-order valence-electron chi connectivity index (χ3n) is 6.91. The maximum atomic E-state index is 12.8. The number of aromatic nitrogens is 3. The summed E-state index contributed by atoms with van der Waals surface area (Å²) in [6.45, 7) is 0.739. The van der Waals surface area contributed by atoms with Gasteiger partial charge in [0.2, 0.25) is 0 Å². The molecule has 0 radical (unpaired) electrons. The lowest BCUT2D eigenvalue weighted by Gasteiger charge is -2.37. The fourth-order valence-corrected chi connectivity index (χ4v) is 5.91. The maximum Gasteiger partial charge on any atom is 0.332 e. The highest BCUT2D eigenvalue weighted by Gasteiger charge is 2.44. The average molecular weight is 477 g/mol. The number of nitrogens with zero attached hydrogens (tertiary/aromatic N) is 3. The lowest BCUT2D eigenvalue weighted by Crippen LogP contribution is -2.37. The maximum absolute atomic E-state index is 12.8. The molecule has 2 aliphatic heterocycles. The van der Waals surface area contributed by atoms with Crippen LogP contribution in [0.5, 0.6) is 0 Å². The van der Waals surface area contributed by atoms with E-state index in [1.165, 1.54) is 22.7 Å². The first kappa shape index (κ1) is 18.7. The second kappa shape index (κ2) is 6.47. The largest absolute Gasteiger partial charge is 0.376 e. The topological polar surface area (TPSA) is 61.0 Å². The van der Waals surface area contributed by atoms with Gasteiger partial charge in [0.15, 0.2) is 0 Å². The van der Waals surface area contributed by atoms with E-state index < -0.39 is 0 Å². The van der Waals surface area contributed by atoms with Gasteiger partial charge in [-0.05, 0) is 35.4 Å². The zero-order chi connectivity index (χ0) is 21.4. The highest BCUT2D eigenvalue weighted by atomic mass is 79.9. The van der Waals surface area contributed by atoms with Gasteiger partial charge in [0, 0.05) is 48.3 Å². The number of rotatable bonds is 1. The molecule has 6 rings (SSSR count). The first-order chi connectivity index (χ1) is 15.0. The summed E-state index contributed by atoms with van der Waals surface area (Å²) in [5.74, 6) is 0.473. The molecule has 1 unspecified atom stereocenters. The molecule has 156 valence electrons. The predicted molar refractivity (Wildman–Crippen MR) is 125 cm³/mol. The molecule has 1 N–H and O–H groups in total. The number of anilines is 1. The van der Waals surface area contributed by atoms with E-state index in [1.54, 1.807) is 11.6 Å². The molecule has 4 aromatic rings. The standard InChI is InChI=1S/C24H21BrN4O2/c1-27-22-16(23(30)28(2)24(27)31)11-19-21-17(12-29(19)22)20(13-6-4-3-5-7-13)15-10-14(25)8-9-18(15)26-21/h3-11,17,20-21,26H,12H2,1-2H3/t17-,20?,21+/m0/s1. The zero-order valence-electron chi connectivity index (χ0n) is 17.2. The van der Waals surface area contributed by atoms with Gasteiger partial charge in [0.1, 0.15) is 5.65 Å². The number of benzene rings is 2. The van der Waals surface area contributed by atoms with E-state index >= 15 is 0 Å². The van der Waals surface area contributed by atoms with Crippen molar-refractivity contribution < 1.29 is 0 Å². The van der Waals surface area contributed by atoms with Crippen LogP contribution in [0.3, 0.4) is 0 Å². The van der Waals surface area contributed by atoms with Gasteiger partial charge in [-0.3, -0.25) is 13.9 Å². The van der Waals surface area contributed by atoms with Crippen LogP contribution in [0.1, 0.15) is 28.8 Å². The average Bonchev–Trinajstić information content (AvgIpc) is 3.31. The van der Waals surface area contributed by atoms with Crippen LogP contribution >= 0.6 is 15.9 Å². The Morgan fingerprint density at radius 2 is 1.77 bits per heavy atom. The van der Waals surface area contributed by atoms with E-state index in [1.807, 2.05) is 12.1 Å². The van der Waals surface area contributed by atoms with E-state index in [9.17, 15) is 9.59 Å². The molecule has 2 aromatic carbocycles. The molecule has 6 nitrogen and oxygen atoms in total. The molecule has 0 saturated heterocycles. The minimum absolute atomic E-state index is 0.0612. The Bertz CT molecular complexity index is 1480. The van der Waals surface area contributed by atoms with Crippen LogP contribution in [0.2, 0.25) is 0 Å². The molecular formula is C24H21BrN4O2. The number of hydrogen-bond acceptors (Lipinski definition) is 3. The quantitative estimate of drug-likeness (QED) is 0.455. The smallest absolute Gasteiger partial charge is 0.332 e. The van der Waals surface area contributed by atoms with Gasteiger partial charge in [0.25, 0.3) is 5.56 Å². The predicted octanol–water partition coefficient (Wildman–Crippen LogP) is 3.73. The Morgan fingerprint density at radius 1 is 1.00 bits per heavy atom. The monoisotopic (exact) mass is 476 g/mol. The highest BCUT2D eigenvalue weighted by molar-refractivity contribution is 9.10. The second-order valence-electron chi connectivity index (χ2n) is 8.53. The summed E-state index contributed by atoms with van der Waals surface area (Å²) in [5, 5.41) is 4.33. The summed E-state index contributed by atoms with van der Waals surface area (Å²) in [6.07, 6.45) is 0. The Kier molecular flexibility index (Phi) is 3.90. The molecule has 7 heteroatoms. The van der Waals surface area contributed by atoms with Crippen LogP contribution in [0.25, 0.3) is 11.0 Å². The zero-order valence-corrected chi connectivity index (χ0v) is 18.8. The number of hydrogen-bond donors (Lipinski definition) is 1. The van der Waals surface area contributed by atoms with Gasteiger partial charge >= 0.3 is 5.69 Å². The van der Waals surface area contributed by atoms with Crippen molar-refractivity contribution in [3.63, 3.8) is 0 Å². The summed E-state index contributed by atoms with van der Waals surface area (Å²) >= 11 is 3.64. The van der Waals surface area contributed by atoms with E-state index in [-0.39, 0.29) is 29.1 Å². The van der Waals surface area contributed by atoms with E-state index in [4.69, 9.17) is 0 Å². The lowest BCUT2D eigenvalue weighted by molar-refractivity contribution is 0.402. The first-order valence-corrected chi connectivity index (χ1v) is 11.1. The molecule has 0 amide bonds. The second-order valence-corrected chi connectivity index (χ2v) is 9.44. The summed E-state index contributed by atoms with van der Waals surface area (Å²) in [4.78, 5) is 25.4.